The fraction of sp³-hybridized carbons (Fsp3) is 1.00. The minimum Gasteiger partial charge on any atom is -0.371 e. The summed E-state index contributed by atoms with van der Waals surface area (Å²) in [6.45, 7) is 2.03. The second kappa shape index (κ2) is 5.73. The Morgan fingerprint density at radius 1 is 1.22 bits per heavy atom. The summed E-state index contributed by atoms with van der Waals surface area (Å²) in [5.74, 6) is -0.526. The van der Waals surface area contributed by atoms with Crippen molar-refractivity contribution in [3.8, 4) is 0 Å². The molecule has 0 amide bonds. The van der Waals surface area contributed by atoms with E-state index in [4.69, 9.17) is 9.47 Å². The van der Waals surface area contributed by atoms with Gasteiger partial charge in [-0.15, -0.1) is 0 Å². The van der Waals surface area contributed by atoms with Crippen molar-refractivity contribution in [2.45, 2.75) is 24.8 Å². The first-order valence-corrected chi connectivity index (χ1v) is 6.14. The molecule has 0 aromatic rings. The summed E-state index contributed by atoms with van der Waals surface area (Å²) in [7, 11) is 0. The van der Waals surface area contributed by atoms with Gasteiger partial charge in [0.25, 0.3) is 0 Å². The molecule has 2 saturated heterocycles. The molecule has 2 heterocycles. The van der Waals surface area contributed by atoms with Crippen LogP contribution in [0.5, 0.6) is 0 Å². The topological polar surface area (TPSA) is 30.9 Å². The summed E-state index contributed by atoms with van der Waals surface area (Å²) in [4.78, 5) is 2.03. The highest BCUT2D eigenvalue weighted by Crippen LogP contribution is 2.29. The quantitative estimate of drug-likeness (QED) is 0.722. The molecule has 2 aliphatic rings. The van der Waals surface area contributed by atoms with Crippen molar-refractivity contribution in [2.24, 2.45) is 0 Å². The van der Waals surface area contributed by atoms with Crippen molar-refractivity contribution in [1.82, 2.24) is 4.90 Å². The summed E-state index contributed by atoms with van der Waals surface area (Å²) < 4.78 is 51.4. The number of alkyl halides is 3. The van der Waals surface area contributed by atoms with E-state index in [1.807, 2.05) is 4.90 Å². The number of likely N-dealkylation sites (tertiary alicyclic amines) is 1. The maximum Gasteiger partial charge on any atom is 0.411 e. The number of nitrogens with zero attached hydrogens (tertiary/aromatic N) is 1. The first-order chi connectivity index (χ1) is 8.49. The van der Waals surface area contributed by atoms with E-state index in [-0.39, 0.29) is 6.61 Å². The lowest BCUT2D eigenvalue weighted by Crippen LogP contribution is -2.49. The van der Waals surface area contributed by atoms with Gasteiger partial charge in [0, 0.05) is 13.0 Å². The third-order valence-corrected chi connectivity index (χ3v) is 3.13. The Kier molecular flexibility index (Phi) is 4.47. The lowest BCUT2D eigenvalue weighted by Gasteiger charge is -2.38. The number of hydrogen-bond acceptors (Lipinski definition) is 4. The maximum absolute atomic E-state index is 11.9. The smallest absolute Gasteiger partial charge is 0.371 e. The van der Waals surface area contributed by atoms with E-state index in [9.17, 15) is 13.2 Å². The number of rotatable bonds is 4. The summed E-state index contributed by atoms with van der Waals surface area (Å²) >= 11 is 0. The highest BCUT2D eigenvalue weighted by Gasteiger charge is 2.40. The molecule has 0 atom stereocenters. The standard InChI is InChI=1S/C11H18F3NO3/c12-11(13,14)9-16-5-4-15-3-1-2-10(8-15)17-6-7-18-10/h1-9H2. The molecule has 0 N–H and O–H groups in total. The van der Waals surface area contributed by atoms with Crippen LogP contribution in [-0.2, 0) is 14.2 Å². The van der Waals surface area contributed by atoms with E-state index in [0.29, 0.717) is 26.3 Å². The first kappa shape index (κ1) is 14.0. The minimum atomic E-state index is -4.25. The number of halogens is 3. The summed E-state index contributed by atoms with van der Waals surface area (Å²) in [6, 6.07) is 0. The molecule has 0 bridgehead atoms. The van der Waals surface area contributed by atoms with Crippen molar-refractivity contribution in [2.75, 3.05) is 46.1 Å². The van der Waals surface area contributed by atoms with Gasteiger partial charge in [-0.3, -0.25) is 4.90 Å². The van der Waals surface area contributed by atoms with Gasteiger partial charge >= 0.3 is 6.18 Å². The van der Waals surface area contributed by atoms with Gasteiger partial charge < -0.3 is 14.2 Å². The van der Waals surface area contributed by atoms with Crippen LogP contribution in [0, 0.1) is 0 Å². The van der Waals surface area contributed by atoms with E-state index >= 15 is 0 Å². The zero-order valence-corrected chi connectivity index (χ0v) is 10.2. The van der Waals surface area contributed by atoms with Crippen molar-refractivity contribution in [3.05, 3.63) is 0 Å². The van der Waals surface area contributed by atoms with Gasteiger partial charge in [0.05, 0.1) is 26.4 Å². The molecule has 7 heteroatoms. The fourth-order valence-corrected chi connectivity index (χ4v) is 2.38. The van der Waals surface area contributed by atoms with Crippen LogP contribution in [0.15, 0.2) is 0 Å². The normalized spacial score (nSPS) is 24.8. The SMILES string of the molecule is FC(F)(F)COCCN1CCCC2(C1)OCCO2. The lowest BCUT2D eigenvalue weighted by atomic mass is 10.0. The summed E-state index contributed by atoms with van der Waals surface area (Å²) in [5.41, 5.74) is 0. The van der Waals surface area contributed by atoms with Crippen LogP contribution in [-0.4, -0.2) is 62.9 Å². The fourth-order valence-electron chi connectivity index (χ4n) is 2.38. The molecule has 0 saturated carbocycles. The van der Waals surface area contributed by atoms with Crippen LogP contribution in [0.4, 0.5) is 13.2 Å². The molecule has 2 rings (SSSR count). The first-order valence-electron chi connectivity index (χ1n) is 6.14. The summed E-state index contributed by atoms with van der Waals surface area (Å²) in [6.07, 6.45) is -2.47. The predicted molar refractivity (Wildman–Crippen MR) is 57.2 cm³/mol. The Bertz CT molecular complexity index is 267. The van der Waals surface area contributed by atoms with Gasteiger partial charge in [-0.05, 0) is 13.0 Å². The van der Waals surface area contributed by atoms with Gasteiger partial charge in [-0.1, -0.05) is 0 Å². The Hall–Kier alpha value is -0.370. The highest BCUT2D eigenvalue weighted by molar-refractivity contribution is 4.83. The third kappa shape index (κ3) is 4.08. The maximum atomic E-state index is 11.9. The zero-order valence-electron chi connectivity index (χ0n) is 10.2. The molecule has 106 valence electrons. The van der Waals surface area contributed by atoms with Crippen LogP contribution in [0.3, 0.4) is 0 Å². The lowest BCUT2D eigenvalue weighted by molar-refractivity contribution is -0.194. The second-order valence-corrected chi connectivity index (χ2v) is 4.66. The zero-order chi connectivity index (χ0) is 13.1. The van der Waals surface area contributed by atoms with Crippen molar-refractivity contribution in [3.63, 3.8) is 0 Å². The number of piperidine rings is 1. The average Bonchev–Trinajstić information content (AvgIpc) is 2.72. The van der Waals surface area contributed by atoms with Crippen molar-refractivity contribution < 1.29 is 27.4 Å². The molecule has 0 aromatic heterocycles. The van der Waals surface area contributed by atoms with E-state index in [1.54, 1.807) is 0 Å². The largest absolute Gasteiger partial charge is 0.411 e. The summed E-state index contributed by atoms with van der Waals surface area (Å²) in [5, 5.41) is 0. The van der Waals surface area contributed by atoms with Gasteiger partial charge in [0.2, 0.25) is 0 Å². The Morgan fingerprint density at radius 3 is 2.61 bits per heavy atom. The highest BCUT2D eigenvalue weighted by atomic mass is 19.4. The van der Waals surface area contributed by atoms with E-state index in [1.165, 1.54) is 0 Å². The molecule has 0 aromatic carbocycles. The molecular weight excluding hydrogens is 251 g/mol. The monoisotopic (exact) mass is 269 g/mol. The van der Waals surface area contributed by atoms with Crippen molar-refractivity contribution >= 4 is 0 Å². The molecule has 0 unspecified atom stereocenters. The second-order valence-electron chi connectivity index (χ2n) is 4.66. The molecule has 18 heavy (non-hydrogen) atoms. The predicted octanol–water partition coefficient (Wildman–Crippen LogP) is 1.40. The van der Waals surface area contributed by atoms with Gasteiger partial charge in [-0.25, -0.2) is 0 Å². The van der Waals surface area contributed by atoms with Crippen LogP contribution in [0.1, 0.15) is 12.8 Å². The average molecular weight is 269 g/mol. The molecule has 2 fully saturated rings. The molecule has 2 aliphatic heterocycles. The van der Waals surface area contributed by atoms with E-state index < -0.39 is 18.6 Å². The number of hydrogen-bond donors (Lipinski definition) is 0. The Balaban J connectivity index is 1.67. The van der Waals surface area contributed by atoms with Crippen LogP contribution < -0.4 is 0 Å². The molecule has 4 nitrogen and oxygen atoms in total. The van der Waals surface area contributed by atoms with Gasteiger partial charge in [0.15, 0.2) is 5.79 Å². The molecule has 0 aliphatic carbocycles. The molecule has 0 radical (unpaired) electrons. The molecular formula is C11H18F3NO3. The minimum absolute atomic E-state index is 0.0790. The number of ether oxygens (including phenoxy) is 3. The Morgan fingerprint density at radius 2 is 1.94 bits per heavy atom. The van der Waals surface area contributed by atoms with Gasteiger partial charge in [-0.2, -0.15) is 13.2 Å². The van der Waals surface area contributed by atoms with Crippen LogP contribution in [0.25, 0.3) is 0 Å². The van der Waals surface area contributed by atoms with Crippen molar-refractivity contribution in [1.29, 1.82) is 0 Å². The van der Waals surface area contributed by atoms with Crippen LogP contribution in [0.2, 0.25) is 0 Å². The van der Waals surface area contributed by atoms with Crippen LogP contribution >= 0.6 is 0 Å². The van der Waals surface area contributed by atoms with Gasteiger partial charge in [0.1, 0.15) is 6.61 Å². The van der Waals surface area contributed by atoms with E-state index in [2.05, 4.69) is 4.74 Å². The molecule has 1 spiro atoms. The Labute approximate surface area is 104 Å². The third-order valence-electron chi connectivity index (χ3n) is 3.13. The van der Waals surface area contributed by atoms with E-state index in [0.717, 1.165) is 19.4 Å².